The van der Waals surface area contributed by atoms with Crippen molar-refractivity contribution < 1.29 is 5.11 Å². The first-order valence-electron chi connectivity index (χ1n) is 9.08. The van der Waals surface area contributed by atoms with Gasteiger partial charge < -0.3 is 10.4 Å². The van der Waals surface area contributed by atoms with Crippen molar-refractivity contribution in [2.24, 2.45) is 0 Å². The van der Waals surface area contributed by atoms with Gasteiger partial charge in [0.1, 0.15) is 11.4 Å². The molecule has 3 rings (SSSR count). The molecule has 0 unspecified atom stereocenters. The Kier molecular flexibility index (Phi) is 6.15. The van der Waals surface area contributed by atoms with Gasteiger partial charge in [-0.15, -0.1) is 0 Å². The summed E-state index contributed by atoms with van der Waals surface area (Å²) in [5.41, 5.74) is 5.25. The minimum Gasteiger partial charge on any atom is -0.395 e. The van der Waals surface area contributed by atoms with Gasteiger partial charge in [0.25, 0.3) is 0 Å². The van der Waals surface area contributed by atoms with Gasteiger partial charge in [-0.05, 0) is 18.9 Å². The zero-order valence-corrected chi connectivity index (χ0v) is 15.4. The van der Waals surface area contributed by atoms with E-state index in [1.54, 1.807) is 4.80 Å². The topological polar surface area (TPSA) is 63.0 Å². The summed E-state index contributed by atoms with van der Waals surface area (Å²) in [6.07, 6.45) is 0.870. The molecule has 0 aliphatic carbocycles. The SMILES string of the molecule is CC[C@H](CO)NCc1nn(Cc2cccc(C)c2)nc1-c1ccccc1. The minimum absolute atomic E-state index is 0.0700. The summed E-state index contributed by atoms with van der Waals surface area (Å²) < 4.78 is 0. The van der Waals surface area contributed by atoms with Gasteiger partial charge in [0.05, 0.1) is 13.2 Å². The highest BCUT2D eigenvalue weighted by Crippen LogP contribution is 2.20. The highest BCUT2D eigenvalue weighted by Gasteiger charge is 2.15. The van der Waals surface area contributed by atoms with Gasteiger partial charge in [-0.2, -0.15) is 15.0 Å². The van der Waals surface area contributed by atoms with Crippen LogP contribution in [-0.2, 0) is 13.1 Å². The van der Waals surface area contributed by atoms with Crippen LogP contribution >= 0.6 is 0 Å². The summed E-state index contributed by atoms with van der Waals surface area (Å²) >= 11 is 0. The quantitative estimate of drug-likeness (QED) is 0.655. The highest BCUT2D eigenvalue weighted by molar-refractivity contribution is 5.60. The molecule has 0 saturated carbocycles. The van der Waals surface area contributed by atoms with Gasteiger partial charge in [-0.25, -0.2) is 0 Å². The molecule has 3 aromatic rings. The van der Waals surface area contributed by atoms with E-state index in [4.69, 9.17) is 10.2 Å². The first-order chi connectivity index (χ1) is 12.7. The molecule has 5 heteroatoms. The van der Waals surface area contributed by atoms with Crippen molar-refractivity contribution in [3.05, 3.63) is 71.4 Å². The Morgan fingerprint density at radius 3 is 2.58 bits per heavy atom. The fourth-order valence-electron chi connectivity index (χ4n) is 2.95. The van der Waals surface area contributed by atoms with E-state index in [1.807, 2.05) is 30.3 Å². The normalized spacial score (nSPS) is 12.3. The maximum Gasteiger partial charge on any atom is 0.117 e. The molecule has 1 aromatic heterocycles. The molecule has 1 atom stereocenters. The standard InChI is InChI=1S/C21H26N4O/c1-3-19(15-26)22-13-20-21(18-10-5-4-6-11-18)24-25(23-20)14-17-9-7-8-16(2)12-17/h4-12,19,22,26H,3,13-15H2,1-2H3/t19-/m1/s1. The van der Waals surface area contributed by atoms with Crippen LogP contribution in [-0.4, -0.2) is 32.7 Å². The Labute approximate surface area is 154 Å². The summed E-state index contributed by atoms with van der Waals surface area (Å²) in [5, 5.41) is 22.2. The van der Waals surface area contributed by atoms with Crippen molar-refractivity contribution in [3.8, 4) is 11.3 Å². The first-order valence-corrected chi connectivity index (χ1v) is 9.08. The summed E-state index contributed by atoms with van der Waals surface area (Å²) in [4.78, 5) is 1.76. The number of aromatic nitrogens is 3. The van der Waals surface area contributed by atoms with Crippen LogP contribution in [0.25, 0.3) is 11.3 Å². The Hall–Kier alpha value is -2.50. The average Bonchev–Trinajstić information content (AvgIpc) is 3.06. The van der Waals surface area contributed by atoms with Crippen LogP contribution in [0.15, 0.2) is 54.6 Å². The zero-order chi connectivity index (χ0) is 18.4. The highest BCUT2D eigenvalue weighted by atomic mass is 16.3. The number of nitrogens with zero attached hydrogens (tertiary/aromatic N) is 3. The van der Waals surface area contributed by atoms with Crippen LogP contribution in [0.2, 0.25) is 0 Å². The smallest absolute Gasteiger partial charge is 0.117 e. The van der Waals surface area contributed by atoms with Crippen LogP contribution in [0.1, 0.15) is 30.2 Å². The third-order valence-corrected chi connectivity index (χ3v) is 4.45. The number of aryl methyl sites for hydroxylation is 1. The number of benzene rings is 2. The van der Waals surface area contributed by atoms with Crippen LogP contribution in [0.5, 0.6) is 0 Å². The molecule has 0 fully saturated rings. The number of rotatable bonds is 8. The second kappa shape index (κ2) is 8.74. The van der Waals surface area contributed by atoms with Gasteiger partial charge in [0, 0.05) is 18.2 Å². The second-order valence-electron chi connectivity index (χ2n) is 6.55. The third kappa shape index (κ3) is 4.56. The van der Waals surface area contributed by atoms with E-state index in [1.165, 1.54) is 11.1 Å². The Morgan fingerprint density at radius 1 is 1.08 bits per heavy atom. The molecule has 0 amide bonds. The van der Waals surface area contributed by atoms with Gasteiger partial charge in [0.2, 0.25) is 0 Å². The third-order valence-electron chi connectivity index (χ3n) is 4.45. The van der Waals surface area contributed by atoms with E-state index in [0.29, 0.717) is 13.1 Å². The van der Waals surface area contributed by atoms with Crippen molar-refractivity contribution in [1.29, 1.82) is 0 Å². The molecule has 0 aliphatic rings. The number of nitrogens with one attached hydrogen (secondary N) is 1. The number of aliphatic hydroxyl groups excluding tert-OH is 1. The van der Waals surface area contributed by atoms with Crippen LogP contribution in [0.4, 0.5) is 0 Å². The van der Waals surface area contributed by atoms with Gasteiger partial charge >= 0.3 is 0 Å². The lowest BCUT2D eigenvalue weighted by Gasteiger charge is -2.12. The summed E-state index contributed by atoms with van der Waals surface area (Å²) in [5.74, 6) is 0. The van der Waals surface area contributed by atoms with Crippen molar-refractivity contribution in [2.75, 3.05) is 6.61 Å². The minimum atomic E-state index is 0.0700. The monoisotopic (exact) mass is 350 g/mol. The molecule has 2 aromatic carbocycles. The van der Waals surface area contributed by atoms with E-state index in [0.717, 1.165) is 23.4 Å². The summed E-state index contributed by atoms with van der Waals surface area (Å²) in [7, 11) is 0. The van der Waals surface area contributed by atoms with Crippen molar-refractivity contribution in [1.82, 2.24) is 20.3 Å². The maximum atomic E-state index is 9.41. The lowest BCUT2D eigenvalue weighted by Crippen LogP contribution is -2.31. The van der Waals surface area contributed by atoms with Crippen LogP contribution in [0, 0.1) is 6.92 Å². The molecule has 136 valence electrons. The Bertz CT molecular complexity index is 825. The molecule has 0 saturated heterocycles. The molecule has 0 bridgehead atoms. The molecule has 1 heterocycles. The molecule has 2 N–H and O–H groups in total. The average molecular weight is 350 g/mol. The Morgan fingerprint density at radius 2 is 1.88 bits per heavy atom. The van der Waals surface area contributed by atoms with Crippen LogP contribution < -0.4 is 5.32 Å². The zero-order valence-electron chi connectivity index (χ0n) is 15.4. The molecular weight excluding hydrogens is 324 g/mol. The van der Waals surface area contributed by atoms with E-state index in [-0.39, 0.29) is 12.6 Å². The number of hydrogen-bond acceptors (Lipinski definition) is 4. The summed E-state index contributed by atoms with van der Waals surface area (Å²) in [6, 6.07) is 18.6. The largest absolute Gasteiger partial charge is 0.395 e. The van der Waals surface area contributed by atoms with Crippen molar-refractivity contribution >= 4 is 0 Å². The van der Waals surface area contributed by atoms with E-state index in [9.17, 15) is 5.11 Å². The van der Waals surface area contributed by atoms with E-state index >= 15 is 0 Å². The predicted octanol–water partition coefficient (Wildman–Crippen LogP) is 3.16. The molecule has 0 spiro atoms. The molecular formula is C21H26N4O. The molecule has 5 nitrogen and oxygen atoms in total. The van der Waals surface area contributed by atoms with Crippen LogP contribution in [0.3, 0.4) is 0 Å². The second-order valence-corrected chi connectivity index (χ2v) is 6.55. The molecule has 0 aliphatic heterocycles. The van der Waals surface area contributed by atoms with Gasteiger partial charge in [-0.3, -0.25) is 0 Å². The van der Waals surface area contributed by atoms with E-state index < -0.39 is 0 Å². The van der Waals surface area contributed by atoms with E-state index in [2.05, 4.69) is 43.4 Å². The lowest BCUT2D eigenvalue weighted by atomic mass is 10.1. The molecule has 26 heavy (non-hydrogen) atoms. The Balaban J connectivity index is 1.87. The number of hydrogen-bond donors (Lipinski definition) is 2. The summed E-state index contributed by atoms with van der Waals surface area (Å²) in [6.45, 7) is 5.48. The van der Waals surface area contributed by atoms with Crippen molar-refractivity contribution in [3.63, 3.8) is 0 Å². The predicted molar refractivity (Wildman–Crippen MR) is 104 cm³/mol. The fourth-order valence-corrected chi connectivity index (χ4v) is 2.95. The van der Waals surface area contributed by atoms with Gasteiger partial charge in [0.15, 0.2) is 0 Å². The number of aliphatic hydroxyl groups is 1. The van der Waals surface area contributed by atoms with Gasteiger partial charge in [-0.1, -0.05) is 67.1 Å². The lowest BCUT2D eigenvalue weighted by molar-refractivity contribution is 0.238. The maximum absolute atomic E-state index is 9.41. The first kappa shape index (κ1) is 18.3. The molecule has 0 radical (unpaired) electrons. The fraction of sp³-hybridized carbons (Fsp3) is 0.333. The van der Waals surface area contributed by atoms with Crippen molar-refractivity contribution in [2.45, 2.75) is 39.4 Å².